The molecule has 0 aromatic carbocycles. The van der Waals surface area contributed by atoms with Crippen molar-refractivity contribution in [3.05, 3.63) is 36.5 Å². The monoisotopic (exact) mass is 306 g/mol. The zero-order valence-electron chi connectivity index (χ0n) is 14.3. The molecule has 0 aliphatic heterocycles. The Labute approximate surface area is 137 Å². The van der Waals surface area contributed by atoms with Gasteiger partial charge in [0, 0.05) is 6.42 Å². The minimum Gasteiger partial charge on any atom is -0.481 e. The van der Waals surface area contributed by atoms with Crippen LogP contribution in [0.2, 0.25) is 0 Å². The summed E-state index contributed by atoms with van der Waals surface area (Å²) in [5.74, 6) is -0.685. The molecular formula is C20H34O2. The molecule has 0 atom stereocenters. The van der Waals surface area contributed by atoms with Gasteiger partial charge in [-0.15, -0.1) is 0 Å². The van der Waals surface area contributed by atoms with Crippen LogP contribution in [-0.4, -0.2) is 11.1 Å². The average molecular weight is 306 g/mol. The molecule has 2 nitrogen and oxygen atoms in total. The van der Waals surface area contributed by atoms with Gasteiger partial charge in [-0.1, -0.05) is 69.1 Å². The van der Waals surface area contributed by atoms with Gasteiger partial charge in [0.1, 0.15) is 0 Å². The van der Waals surface area contributed by atoms with Gasteiger partial charge in [0.05, 0.1) is 0 Å². The van der Waals surface area contributed by atoms with E-state index in [-0.39, 0.29) is 0 Å². The van der Waals surface area contributed by atoms with Crippen LogP contribution >= 0.6 is 0 Å². The van der Waals surface area contributed by atoms with Crippen LogP contribution in [-0.2, 0) is 4.79 Å². The summed E-state index contributed by atoms with van der Waals surface area (Å²) in [6.07, 6.45) is 26.3. The first kappa shape index (κ1) is 20.7. The molecule has 0 fully saturated rings. The molecule has 0 aromatic rings. The quantitative estimate of drug-likeness (QED) is 0.279. The zero-order valence-corrected chi connectivity index (χ0v) is 14.3. The van der Waals surface area contributed by atoms with Crippen molar-refractivity contribution in [2.24, 2.45) is 0 Å². The minimum absolute atomic E-state index is 0.304. The van der Waals surface area contributed by atoms with Crippen molar-refractivity contribution in [2.75, 3.05) is 0 Å². The van der Waals surface area contributed by atoms with Gasteiger partial charge in [0.2, 0.25) is 0 Å². The predicted octanol–water partition coefficient (Wildman–Crippen LogP) is 6.44. The Balaban J connectivity index is 3.30. The van der Waals surface area contributed by atoms with Crippen molar-refractivity contribution in [3.63, 3.8) is 0 Å². The third-order valence-corrected chi connectivity index (χ3v) is 3.53. The number of allylic oxidation sites excluding steroid dienone is 6. The maximum Gasteiger partial charge on any atom is 0.303 e. The Bertz CT molecular complexity index is 327. The summed E-state index contributed by atoms with van der Waals surface area (Å²) >= 11 is 0. The van der Waals surface area contributed by atoms with E-state index in [4.69, 9.17) is 5.11 Å². The highest BCUT2D eigenvalue weighted by Crippen LogP contribution is 2.05. The summed E-state index contributed by atoms with van der Waals surface area (Å²) in [7, 11) is 0. The fourth-order valence-electron chi connectivity index (χ4n) is 2.18. The van der Waals surface area contributed by atoms with Crippen LogP contribution < -0.4 is 0 Å². The third-order valence-electron chi connectivity index (χ3n) is 3.53. The molecule has 0 amide bonds. The maximum absolute atomic E-state index is 10.3. The SMILES string of the molecule is CCCCCCC=CCC=CCC=CCCCCCC(=O)O. The highest BCUT2D eigenvalue weighted by atomic mass is 16.4. The first-order chi connectivity index (χ1) is 10.8. The lowest BCUT2D eigenvalue weighted by atomic mass is 10.1. The second kappa shape index (κ2) is 17.7. The van der Waals surface area contributed by atoms with E-state index < -0.39 is 5.97 Å². The molecule has 0 heterocycles. The average Bonchev–Trinajstić information content (AvgIpc) is 2.50. The Morgan fingerprint density at radius 1 is 0.727 bits per heavy atom. The molecule has 0 saturated carbocycles. The summed E-state index contributed by atoms with van der Waals surface area (Å²) in [4.78, 5) is 10.3. The molecule has 126 valence electrons. The molecule has 22 heavy (non-hydrogen) atoms. The van der Waals surface area contributed by atoms with Gasteiger partial charge in [0.25, 0.3) is 0 Å². The summed E-state index contributed by atoms with van der Waals surface area (Å²) < 4.78 is 0. The van der Waals surface area contributed by atoms with Gasteiger partial charge in [-0.2, -0.15) is 0 Å². The number of carbonyl (C=O) groups is 1. The topological polar surface area (TPSA) is 37.3 Å². The first-order valence-electron chi connectivity index (χ1n) is 8.94. The van der Waals surface area contributed by atoms with Crippen LogP contribution in [0.25, 0.3) is 0 Å². The molecule has 1 N–H and O–H groups in total. The fraction of sp³-hybridized carbons (Fsp3) is 0.650. The third kappa shape index (κ3) is 18.7. The Hall–Kier alpha value is -1.31. The van der Waals surface area contributed by atoms with Crippen molar-refractivity contribution >= 4 is 5.97 Å². The molecule has 0 bridgehead atoms. The molecule has 2 heteroatoms. The number of rotatable bonds is 15. The normalized spacial score (nSPS) is 12.0. The minimum atomic E-state index is -0.685. The molecule has 0 saturated heterocycles. The zero-order chi connectivity index (χ0) is 16.3. The van der Waals surface area contributed by atoms with Crippen molar-refractivity contribution in [3.8, 4) is 0 Å². The van der Waals surface area contributed by atoms with Crippen molar-refractivity contribution in [2.45, 2.75) is 84.0 Å². The lowest BCUT2D eigenvalue weighted by Gasteiger charge is -1.94. The van der Waals surface area contributed by atoms with Crippen LogP contribution in [0.15, 0.2) is 36.5 Å². The second-order valence-electron chi connectivity index (χ2n) is 5.73. The molecule has 0 aromatic heterocycles. The van der Waals surface area contributed by atoms with E-state index in [0.717, 1.165) is 38.5 Å². The van der Waals surface area contributed by atoms with E-state index in [0.29, 0.717) is 6.42 Å². The van der Waals surface area contributed by atoms with Crippen molar-refractivity contribution in [1.29, 1.82) is 0 Å². The van der Waals surface area contributed by atoms with Crippen molar-refractivity contribution in [1.82, 2.24) is 0 Å². The fourth-order valence-corrected chi connectivity index (χ4v) is 2.18. The van der Waals surface area contributed by atoms with E-state index >= 15 is 0 Å². The molecule has 0 radical (unpaired) electrons. The van der Waals surface area contributed by atoms with E-state index in [2.05, 4.69) is 43.4 Å². The standard InChI is InChI=1S/C20H34O2/c1-2-3-4-5-6-7-8-9-10-11-12-13-14-15-16-17-18-19-20(21)22/h7-8,10-11,13-14H,2-6,9,12,15-19H2,1H3,(H,21,22). The molecule has 0 rings (SSSR count). The van der Waals surface area contributed by atoms with E-state index in [1.807, 2.05) is 0 Å². The highest BCUT2D eigenvalue weighted by molar-refractivity contribution is 5.66. The lowest BCUT2D eigenvalue weighted by molar-refractivity contribution is -0.137. The van der Waals surface area contributed by atoms with Gasteiger partial charge in [-0.3, -0.25) is 4.79 Å². The van der Waals surface area contributed by atoms with Gasteiger partial charge in [0.15, 0.2) is 0 Å². The summed E-state index contributed by atoms with van der Waals surface area (Å²) in [6, 6.07) is 0. The van der Waals surface area contributed by atoms with Crippen LogP contribution in [0.5, 0.6) is 0 Å². The number of aliphatic carboxylic acids is 1. The molecular weight excluding hydrogens is 272 g/mol. The second-order valence-corrected chi connectivity index (χ2v) is 5.73. The van der Waals surface area contributed by atoms with E-state index in [1.54, 1.807) is 0 Å². The number of unbranched alkanes of at least 4 members (excludes halogenated alkanes) is 7. The van der Waals surface area contributed by atoms with Crippen molar-refractivity contribution < 1.29 is 9.90 Å². The van der Waals surface area contributed by atoms with Crippen LogP contribution in [0, 0.1) is 0 Å². The smallest absolute Gasteiger partial charge is 0.303 e. The Morgan fingerprint density at radius 3 is 1.73 bits per heavy atom. The predicted molar refractivity (Wildman–Crippen MR) is 96.1 cm³/mol. The molecule has 0 aliphatic carbocycles. The van der Waals surface area contributed by atoms with Crippen LogP contribution in [0.4, 0.5) is 0 Å². The first-order valence-corrected chi connectivity index (χ1v) is 8.94. The number of carboxylic acids is 1. The van der Waals surface area contributed by atoms with Crippen LogP contribution in [0.3, 0.4) is 0 Å². The highest BCUT2D eigenvalue weighted by Gasteiger charge is 1.94. The lowest BCUT2D eigenvalue weighted by Crippen LogP contribution is -1.93. The maximum atomic E-state index is 10.3. The van der Waals surface area contributed by atoms with Crippen LogP contribution in [0.1, 0.15) is 84.0 Å². The summed E-state index contributed by atoms with van der Waals surface area (Å²) in [5.41, 5.74) is 0. The Morgan fingerprint density at radius 2 is 1.23 bits per heavy atom. The molecule has 0 aliphatic rings. The largest absolute Gasteiger partial charge is 0.481 e. The van der Waals surface area contributed by atoms with Gasteiger partial charge < -0.3 is 5.11 Å². The molecule has 0 unspecified atom stereocenters. The van der Waals surface area contributed by atoms with E-state index in [9.17, 15) is 4.79 Å². The van der Waals surface area contributed by atoms with Gasteiger partial charge in [-0.05, 0) is 44.9 Å². The summed E-state index contributed by atoms with van der Waals surface area (Å²) in [6.45, 7) is 2.24. The van der Waals surface area contributed by atoms with Gasteiger partial charge >= 0.3 is 5.97 Å². The Kier molecular flexibility index (Phi) is 16.7. The number of hydrogen-bond donors (Lipinski definition) is 1. The van der Waals surface area contributed by atoms with E-state index in [1.165, 1.54) is 32.1 Å². The summed E-state index contributed by atoms with van der Waals surface area (Å²) in [5, 5.41) is 8.51. The van der Waals surface area contributed by atoms with Gasteiger partial charge in [-0.25, -0.2) is 0 Å². The molecule has 0 spiro atoms. The number of hydrogen-bond acceptors (Lipinski definition) is 1. The number of carboxylic acid groups (broad SMARTS) is 1.